The molecule has 0 bridgehead atoms. The van der Waals surface area contributed by atoms with Gasteiger partial charge in [-0.05, 0) is 32.3 Å². The van der Waals surface area contributed by atoms with Crippen molar-refractivity contribution in [2.45, 2.75) is 26.4 Å². The van der Waals surface area contributed by atoms with Crippen molar-refractivity contribution in [1.82, 2.24) is 15.1 Å². The predicted octanol–water partition coefficient (Wildman–Crippen LogP) is 0.998. The standard InChI is InChI=1S/C7H11N3O2S/c1-7(2,3)12-9-6(11)5-4-8-10-13-5/h4H,1-3H3,(H,9,11). The summed E-state index contributed by atoms with van der Waals surface area (Å²) in [5, 5.41) is 3.54. The molecule has 1 aromatic rings. The molecule has 0 saturated carbocycles. The molecule has 1 amide bonds. The summed E-state index contributed by atoms with van der Waals surface area (Å²) in [6.45, 7) is 5.54. The van der Waals surface area contributed by atoms with Crippen molar-refractivity contribution < 1.29 is 9.63 Å². The molecule has 1 rings (SSSR count). The van der Waals surface area contributed by atoms with E-state index in [-0.39, 0.29) is 5.91 Å². The highest BCUT2D eigenvalue weighted by Gasteiger charge is 2.14. The van der Waals surface area contributed by atoms with E-state index in [4.69, 9.17) is 4.84 Å². The molecular weight excluding hydrogens is 190 g/mol. The maximum absolute atomic E-state index is 11.2. The largest absolute Gasteiger partial charge is 0.288 e. The first-order valence-electron chi connectivity index (χ1n) is 3.75. The average Bonchev–Trinajstić information content (AvgIpc) is 2.50. The molecule has 72 valence electrons. The van der Waals surface area contributed by atoms with E-state index in [1.807, 2.05) is 20.8 Å². The average molecular weight is 201 g/mol. The number of rotatable bonds is 2. The number of carbonyl (C=O) groups is 1. The van der Waals surface area contributed by atoms with Gasteiger partial charge >= 0.3 is 0 Å². The van der Waals surface area contributed by atoms with Crippen molar-refractivity contribution in [3.63, 3.8) is 0 Å². The second-order valence-electron chi connectivity index (χ2n) is 3.43. The van der Waals surface area contributed by atoms with E-state index in [0.29, 0.717) is 4.88 Å². The Kier molecular flexibility index (Phi) is 2.94. The summed E-state index contributed by atoms with van der Waals surface area (Å²) in [6.07, 6.45) is 1.39. The topological polar surface area (TPSA) is 64.1 Å². The first-order chi connectivity index (χ1) is 5.99. The molecule has 5 nitrogen and oxygen atoms in total. The van der Waals surface area contributed by atoms with Crippen LogP contribution in [0.2, 0.25) is 0 Å². The van der Waals surface area contributed by atoms with Crippen LogP contribution in [0, 0.1) is 0 Å². The molecule has 0 aliphatic rings. The van der Waals surface area contributed by atoms with Crippen molar-refractivity contribution in [2.75, 3.05) is 0 Å². The Morgan fingerprint density at radius 3 is 2.77 bits per heavy atom. The van der Waals surface area contributed by atoms with Crippen molar-refractivity contribution in [1.29, 1.82) is 0 Å². The van der Waals surface area contributed by atoms with E-state index in [1.165, 1.54) is 6.20 Å². The van der Waals surface area contributed by atoms with Gasteiger partial charge < -0.3 is 0 Å². The van der Waals surface area contributed by atoms with Crippen molar-refractivity contribution in [2.24, 2.45) is 0 Å². The zero-order valence-corrected chi connectivity index (χ0v) is 8.51. The zero-order chi connectivity index (χ0) is 9.90. The van der Waals surface area contributed by atoms with Gasteiger partial charge in [0.2, 0.25) is 0 Å². The van der Waals surface area contributed by atoms with Gasteiger partial charge in [-0.2, -0.15) is 0 Å². The summed E-state index contributed by atoms with van der Waals surface area (Å²) < 4.78 is 3.56. The van der Waals surface area contributed by atoms with Crippen LogP contribution in [-0.2, 0) is 4.84 Å². The molecule has 1 aromatic heterocycles. The first-order valence-corrected chi connectivity index (χ1v) is 4.52. The smallest absolute Gasteiger partial charge is 0.268 e. The third-order valence-electron chi connectivity index (χ3n) is 1.04. The number of hydrogen-bond donors (Lipinski definition) is 1. The fourth-order valence-corrected chi connectivity index (χ4v) is 0.918. The third-order valence-corrected chi connectivity index (χ3v) is 1.70. The van der Waals surface area contributed by atoms with Crippen molar-refractivity contribution >= 4 is 17.4 Å². The predicted molar refractivity (Wildman–Crippen MR) is 48.2 cm³/mol. The molecule has 0 unspecified atom stereocenters. The molecule has 1 N–H and O–H groups in total. The van der Waals surface area contributed by atoms with E-state index >= 15 is 0 Å². The number of carbonyl (C=O) groups excluding carboxylic acids is 1. The van der Waals surface area contributed by atoms with E-state index in [0.717, 1.165) is 11.5 Å². The summed E-state index contributed by atoms with van der Waals surface area (Å²) in [6, 6.07) is 0. The van der Waals surface area contributed by atoms with Crippen molar-refractivity contribution in [3.05, 3.63) is 11.1 Å². The van der Waals surface area contributed by atoms with Gasteiger partial charge in [-0.3, -0.25) is 9.63 Å². The number of aromatic nitrogens is 2. The van der Waals surface area contributed by atoms with Crippen LogP contribution in [0.15, 0.2) is 6.20 Å². The summed E-state index contributed by atoms with van der Waals surface area (Å²) in [5.41, 5.74) is 1.92. The molecule has 0 atom stereocenters. The van der Waals surface area contributed by atoms with Gasteiger partial charge in [0.1, 0.15) is 4.88 Å². The fourth-order valence-electron chi connectivity index (χ4n) is 0.517. The molecule has 0 aliphatic heterocycles. The molecule has 0 fully saturated rings. The highest BCUT2D eigenvalue weighted by molar-refractivity contribution is 7.07. The number of nitrogens with one attached hydrogen (secondary N) is 1. The van der Waals surface area contributed by atoms with Crippen molar-refractivity contribution in [3.8, 4) is 0 Å². The van der Waals surface area contributed by atoms with E-state index in [9.17, 15) is 4.79 Å². The Morgan fingerprint density at radius 2 is 2.31 bits per heavy atom. The van der Waals surface area contributed by atoms with Gasteiger partial charge in [0, 0.05) is 0 Å². The SMILES string of the molecule is CC(C)(C)ONC(=O)c1cnns1. The number of hydrogen-bond acceptors (Lipinski definition) is 5. The first kappa shape index (κ1) is 10.1. The molecule has 0 saturated heterocycles. The highest BCUT2D eigenvalue weighted by atomic mass is 32.1. The summed E-state index contributed by atoms with van der Waals surface area (Å²) in [4.78, 5) is 16.7. The Balaban J connectivity index is 2.44. The molecule has 6 heteroatoms. The zero-order valence-electron chi connectivity index (χ0n) is 7.70. The Labute approximate surface area is 80.2 Å². The van der Waals surface area contributed by atoms with Crippen LogP contribution in [0.25, 0.3) is 0 Å². The van der Waals surface area contributed by atoms with Gasteiger partial charge in [0.25, 0.3) is 5.91 Å². The minimum absolute atomic E-state index is 0.315. The van der Waals surface area contributed by atoms with Crippen LogP contribution in [0.1, 0.15) is 30.4 Å². The Morgan fingerprint density at radius 1 is 1.62 bits per heavy atom. The second kappa shape index (κ2) is 3.80. The van der Waals surface area contributed by atoms with Gasteiger partial charge in [-0.25, -0.2) is 5.48 Å². The number of nitrogens with zero attached hydrogens (tertiary/aromatic N) is 2. The van der Waals surface area contributed by atoms with Gasteiger partial charge in [0.05, 0.1) is 11.8 Å². The van der Waals surface area contributed by atoms with Crippen LogP contribution < -0.4 is 5.48 Å². The third kappa shape index (κ3) is 3.47. The molecule has 0 spiro atoms. The van der Waals surface area contributed by atoms with Crippen LogP contribution in [0.3, 0.4) is 0 Å². The lowest BCUT2D eigenvalue weighted by molar-refractivity contribution is -0.0588. The van der Waals surface area contributed by atoms with E-state index in [2.05, 4.69) is 15.1 Å². The molecule has 13 heavy (non-hydrogen) atoms. The van der Waals surface area contributed by atoms with Crippen LogP contribution in [0.4, 0.5) is 0 Å². The lowest BCUT2D eigenvalue weighted by atomic mass is 10.2. The molecule has 1 heterocycles. The maximum Gasteiger partial charge on any atom is 0.288 e. The van der Waals surface area contributed by atoms with Crippen LogP contribution >= 0.6 is 11.5 Å². The summed E-state index contributed by atoms with van der Waals surface area (Å²) in [7, 11) is 0. The normalized spacial score (nSPS) is 11.3. The lowest BCUT2D eigenvalue weighted by Gasteiger charge is -2.18. The molecular formula is C7H11N3O2S. The Hall–Kier alpha value is -1.01. The lowest BCUT2D eigenvalue weighted by Crippen LogP contribution is -2.33. The summed E-state index contributed by atoms with van der Waals surface area (Å²) >= 11 is 1.03. The second-order valence-corrected chi connectivity index (χ2v) is 4.21. The monoisotopic (exact) mass is 201 g/mol. The summed E-state index contributed by atoms with van der Waals surface area (Å²) in [5.74, 6) is -0.315. The van der Waals surface area contributed by atoms with Gasteiger partial charge in [-0.1, -0.05) is 4.49 Å². The molecule has 0 aliphatic carbocycles. The highest BCUT2D eigenvalue weighted by Crippen LogP contribution is 2.06. The number of amides is 1. The van der Waals surface area contributed by atoms with Gasteiger partial charge in [0.15, 0.2) is 0 Å². The fraction of sp³-hybridized carbons (Fsp3) is 0.571. The van der Waals surface area contributed by atoms with E-state index in [1.54, 1.807) is 0 Å². The minimum Gasteiger partial charge on any atom is -0.268 e. The van der Waals surface area contributed by atoms with Gasteiger partial charge in [-0.15, -0.1) is 5.10 Å². The van der Waals surface area contributed by atoms with Crippen LogP contribution in [0.5, 0.6) is 0 Å². The maximum atomic E-state index is 11.2. The van der Waals surface area contributed by atoms with Crippen LogP contribution in [-0.4, -0.2) is 21.1 Å². The Bertz CT molecular complexity index is 278. The minimum atomic E-state index is -0.395. The van der Waals surface area contributed by atoms with E-state index < -0.39 is 5.60 Å². The number of hydroxylamine groups is 1. The molecule has 0 aromatic carbocycles. The quantitative estimate of drug-likeness (QED) is 0.725. The molecule has 0 radical (unpaired) electrons.